The number of fused-ring (bicyclic) bond motifs is 15. The molecule has 9 fully saturated rings. The van der Waals surface area contributed by atoms with Crippen LogP contribution in [0, 0.1) is 58.8 Å². The fraction of sp³-hybridized carbons (Fsp3) is 0.692. The maximum Gasteiger partial charge on any atom is 0.339 e. The Labute approximate surface area is 326 Å². The molecule has 292 valence electrons. The molecule has 15 atom stereocenters. The molecule has 11 rings (SSSR count). The molecule has 2 aromatic rings. The van der Waals surface area contributed by atoms with Crippen LogP contribution in [0.4, 0.5) is 17.6 Å². The molecule has 15 heteroatoms. The average molecular weight is 843 g/mol. The van der Waals surface area contributed by atoms with Crippen molar-refractivity contribution in [2.24, 2.45) is 35.5 Å². The highest BCUT2D eigenvalue weighted by Gasteiger charge is 2.60. The Kier molecular flexibility index (Phi) is 8.29. The molecule has 0 radical (unpaired) electrons. The van der Waals surface area contributed by atoms with Crippen molar-refractivity contribution in [3.8, 4) is 5.75 Å². The lowest BCUT2D eigenvalue weighted by atomic mass is 9.69. The molecule has 0 spiro atoms. The first-order chi connectivity index (χ1) is 25.8. The number of benzene rings is 2. The van der Waals surface area contributed by atoms with Crippen LogP contribution in [-0.4, -0.2) is 52.9 Å². The second kappa shape index (κ2) is 12.4. The topological polar surface area (TPSA) is 97.7 Å². The summed E-state index contributed by atoms with van der Waals surface area (Å²) >= 11 is 5.99. The lowest BCUT2D eigenvalue weighted by molar-refractivity contribution is 0.292. The van der Waals surface area contributed by atoms with Crippen LogP contribution in [0.15, 0.2) is 21.9 Å². The van der Waals surface area contributed by atoms with Crippen LogP contribution in [0.3, 0.4) is 0 Å². The zero-order chi connectivity index (χ0) is 37.2. The first kappa shape index (κ1) is 36.0. The van der Waals surface area contributed by atoms with E-state index in [9.17, 15) is 21.4 Å². The van der Waals surface area contributed by atoms with Gasteiger partial charge in [0.05, 0.1) is 0 Å². The molecule has 1 N–H and O–H groups in total. The van der Waals surface area contributed by atoms with Gasteiger partial charge in [-0.2, -0.15) is 60.9 Å². The van der Waals surface area contributed by atoms with Crippen LogP contribution in [0.2, 0.25) is 0 Å². The molecular formula is C39H42F4O6S5. The lowest BCUT2D eigenvalue weighted by Crippen LogP contribution is -2.33. The summed E-state index contributed by atoms with van der Waals surface area (Å²) in [5, 5.41) is 2.17. The largest absolute Gasteiger partial charge is 0.372 e. The first-order valence-corrected chi connectivity index (χ1v) is 25.4. The van der Waals surface area contributed by atoms with E-state index in [0.29, 0.717) is 61.7 Å². The maximum atomic E-state index is 15.5. The molecule has 3 aliphatic carbocycles. The van der Waals surface area contributed by atoms with Crippen molar-refractivity contribution in [3.63, 3.8) is 0 Å². The van der Waals surface area contributed by atoms with Crippen molar-refractivity contribution in [2.75, 3.05) is 0 Å². The molecule has 0 aromatic heterocycles. The maximum absolute atomic E-state index is 15.5. The summed E-state index contributed by atoms with van der Waals surface area (Å²) in [7, 11) is -10.9. The fourth-order valence-electron chi connectivity index (χ4n) is 13.6. The van der Waals surface area contributed by atoms with Gasteiger partial charge in [-0.3, -0.25) is 4.55 Å². The Bertz CT molecular complexity index is 2090. The van der Waals surface area contributed by atoms with Crippen molar-refractivity contribution in [1.29, 1.82) is 0 Å². The first-order valence-electron chi connectivity index (χ1n) is 19.7. The van der Waals surface area contributed by atoms with E-state index in [1.165, 1.54) is 19.3 Å². The predicted molar refractivity (Wildman–Crippen MR) is 200 cm³/mol. The summed E-state index contributed by atoms with van der Waals surface area (Å²) in [6.45, 7) is 0. The molecule has 15 unspecified atom stereocenters. The van der Waals surface area contributed by atoms with Crippen molar-refractivity contribution in [1.82, 2.24) is 0 Å². The number of hydrogen-bond donors (Lipinski definition) is 1. The van der Waals surface area contributed by atoms with E-state index in [1.54, 1.807) is 0 Å². The highest BCUT2D eigenvalue weighted by Crippen LogP contribution is 2.68. The number of halogens is 4. The molecule has 6 bridgehead atoms. The normalized spacial score (nSPS) is 42.6. The summed E-state index contributed by atoms with van der Waals surface area (Å²) in [6.07, 6.45) is 13.1. The molecule has 6 heterocycles. The molecule has 6 saturated heterocycles. The van der Waals surface area contributed by atoms with Crippen LogP contribution in [0.5, 0.6) is 5.75 Å². The summed E-state index contributed by atoms with van der Waals surface area (Å²) in [6, 6.07) is 4.14. The van der Waals surface area contributed by atoms with Gasteiger partial charge in [0.15, 0.2) is 16.5 Å². The second-order valence-corrected chi connectivity index (χ2v) is 24.8. The quantitative estimate of drug-likeness (QED) is 0.127. The monoisotopic (exact) mass is 842 g/mol. The van der Waals surface area contributed by atoms with Crippen LogP contribution in [-0.2, 0) is 20.2 Å². The van der Waals surface area contributed by atoms with Crippen LogP contribution in [0.1, 0.15) is 111 Å². The zero-order valence-electron chi connectivity index (χ0n) is 29.3. The van der Waals surface area contributed by atoms with Gasteiger partial charge in [-0.25, -0.2) is 8.78 Å². The van der Waals surface area contributed by atoms with Gasteiger partial charge < -0.3 is 4.18 Å². The number of hydrogen-bond acceptors (Lipinski definition) is 8. The van der Waals surface area contributed by atoms with Crippen molar-refractivity contribution < 1.29 is 43.1 Å². The highest BCUT2D eigenvalue weighted by atomic mass is 32.2. The van der Waals surface area contributed by atoms with E-state index in [4.69, 9.17) is 4.18 Å². The summed E-state index contributed by atoms with van der Waals surface area (Å²) < 4.78 is 129. The number of thioether (sulfide) groups is 3. The molecule has 0 amide bonds. The minimum absolute atomic E-state index is 0.125. The third kappa shape index (κ3) is 5.08. The Balaban J connectivity index is 1.10. The van der Waals surface area contributed by atoms with Crippen LogP contribution in [0.25, 0.3) is 0 Å². The summed E-state index contributed by atoms with van der Waals surface area (Å²) in [5.74, 6) is -8.05. The fourth-order valence-corrected chi connectivity index (χ4v) is 22.5. The van der Waals surface area contributed by atoms with Gasteiger partial charge in [0.1, 0.15) is 4.90 Å². The SMILES string of the molecule is O=S(=O)(O)c1c(F)c(F)c(OS(=O)(=O)c2c(C3CC4SC3C3CCCC43)cc(C3CC4SC3C3CCCC43)cc2C2CC3SC2C2CCCC32)c(F)c1F. The van der Waals surface area contributed by atoms with E-state index >= 15 is 17.6 Å². The molecule has 54 heavy (non-hydrogen) atoms. The zero-order valence-corrected chi connectivity index (χ0v) is 33.4. The van der Waals surface area contributed by atoms with Crippen LogP contribution < -0.4 is 4.18 Å². The average Bonchev–Trinajstić information content (AvgIpc) is 3.98. The van der Waals surface area contributed by atoms with Crippen molar-refractivity contribution in [3.05, 3.63) is 52.1 Å². The third-order valence-electron chi connectivity index (χ3n) is 15.5. The van der Waals surface area contributed by atoms with Gasteiger partial charge in [0, 0.05) is 31.5 Å². The Morgan fingerprint density at radius 1 is 0.556 bits per heavy atom. The predicted octanol–water partition coefficient (Wildman–Crippen LogP) is 9.42. The molecule has 3 saturated carbocycles. The standard InChI is InChI=1S/C39H42F4O6S5/c40-30-32(42)39(53(44,45)46)33(43)31(41)34(30)49-54(47,48)38-25(23-13-28-17-5-2-8-20(17)36(23)51-28)10-15(22-12-27-16-4-1-7-19(16)35(22)50-27)11-26(38)24-14-29-18-6-3-9-21(18)37(24)52-29/h10-11,16-24,27-29,35-37H,1-9,12-14H2,(H,44,45,46). The molecule has 9 aliphatic rings. The van der Waals surface area contributed by atoms with Gasteiger partial charge in [-0.15, -0.1) is 0 Å². The van der Waals surface area contributed by atoms with Gasteiger partial charge in [-0.05, 0) is 128 Å². The van der Waals surface area contributed by atoms with Crippen molar-refractivity contribution >= 4 is 55.5 Å². The van der Waals surface area contributed by atoms with E-state index in [-0.39, 0.29) is 33.1 Å². The van der Waals surface area contributed by atoms with E-state index in [2.05, 4.69) is 23.9 Å². The highest BCUT2D eigenvalue weighted by molar-refractivity contribution is 8.01. The molecular weight excluding hydrogens is 801 g/mol. The smallest absolute Gasteiger partial charge is 0.339 e. The van der Waals surface area contributed by atoms with Gasteiger partial charge >= 0.3 is 20.2 Å². The summed E-state index contributed by atoms with van der Waals surface area (Å²) in [5.41, 5.74) is 2.36. The molecule has 6 nitrogen and oxygen atoms in total. The Morgan fingerprint density at radius 3 is 1.37 bits per heavy atom. The van der Waals surface area contributed by atoms with Crippen LogP contribution >= 0.6 is 35.3 Å². The van der Waals surface area contributed by atoms with Gasteiger partial charge in [-0.1, -0.05) is 31.4 Å². The van der Waals surface area contributed by atoms with Gasteiger partial charge in [0.25, 0.3) is 0 Å². The second-order valence-electron chi connectivity index (χ2n) is 17.7. The minimum Gasteiger partial charge on any atom is -0.372 e. The summed E-state index contributed by atoms with van der Waals surface area (Å²) in [4.78, 5) is -2.36. The third-order valence-corrected chi connectivity index (χ3v) is 23.4. The molecule has 2 aromatic carbocycles. The van der Waals surface area contributed by atoms with E-state index in [1.807, 2.05) is 23.5 Å². The minimum atomic E-state index is -5.75. The van der Waals surface area contributed by atoms with E-state index in [0.717, 1.165) is 69.3 Å². The number of rotatable bonds is 7. The van der Waals surface area contributed by atoms with Gasteiger partial charge in [0.2, 0.25) is 17.4 Å². The Hall–Kier alpha value is -1.13. The van der Waals surface area contributed by atoms with E-state index < -0.39 is 54.2 Å². The van der Waals surface area contributed by atoms with Crippen molar-refractivity contribution in [2.45, 2.75) is 136 Å². The lowest BCUT2D eigenvalue weighted by Gasteiger charge is -2.36. The molecule has 6 aliphatic heterocycles. The Morgan fingerprint density at radius 2 is 0.944 bits per heavy atom.